The van der Waals surface area contributed by atoms with E-state index in [0.717, 1.165) is 30.0 Å². The van der Waals surface area contributed by atoms with Crippen molar-refractivity contribution in [3.05, 3.63) is 59.7 Å². The van der Waals surface area contributed by atoms with E-state index in [9.17, 15) is 18.0 Å². The zero-order chi connectivity index (χ0) is 16.3. The van der Waals surface area contributed by atoms with Gasteiger partial charge in [-0.3, -0.25) is 4.79 Å². The zero-order valence-electron chi connectivity index (χ0n) is 12.1. The fourth-order valence-electron chi connectivity index (χ4n) is 1.88. The molecule has 2 rings (SSSR count). The lowest BCUT2D eigenvalue weighted by Crippen LogP contribution is -2.14. The molecule has 2 aromatic carbocycles. The van der Waals surface area contributed by atoms with Crippen LogP contribution in [0.15, 0.2) is 48.5 Å². The Hall–Kier alpha value is -2.50. The highest BCUT2D eigenvalue weighted by molar-refractivity contribution is 6.04. The van der Waals surface area contributed by atoms with Crippen LogP contribution in [-0.4, -0.2) is 20.0 Å². The lowest BCUT2D eigenvalue weighted by atomic mass is 10.1. The lowest BCUT2D eigenvalue weighted by Gasteiger charge is -2.14. The third-order valence-electron chi connectivity index (χ3n) is 3.09. The molecule has 116 valence electrons. The quantitative estimate of drug-likeness (QED) is 0.928. The summed E-state index contributed by atoms with van der Waals surface area (Å²) in [5.74, 6) is -0.454. The number of carbonyl (C=O) groups excluding carboxylic acids is 1. The Bertz CT molecular complexity index is 664. The maximum atomic E-state index is 12.5. The molecule has 0 unspecified atom stereocenters. The monoisotopic (exact) mass is 308 g/mol. The van der Waals surface area contributed by atoms with Crippen molar-refractivity contribution in [3.63, 3.8) is 0 Å². The first kappa shape index (κ1) is 15.9. The van der Waals surface area contributed by atoms with Crippen LogP contribution >= 0.6 is 0 Å². The molecule has 0 radical (unpaired) electrons. The van der Waals surface area contributed by atoms with E-state index in [1.54, 1.807) is 18.2 Å². The van der Waals surface area contributed by atoms with E-state index < -0.39 is 17.6 Å². The fourth-order valence-corrected chi connectivity index (χ4v) is 1.88. The first-order chi connectivity index (χ1) is 10.3. The third-order valence-corrected chi connectivity index (χ3v) is 3.09. The van der Waals surface area contributed by atoms with Crippen molar-refractivity contribution in [3.8, 4) is 0 Å². The second kappa shape index (κ2) is 6.09. The third kappa shape index (κ3) is 3.78. The first-order valence-electron chi connectivity index (χ1n) is 6.53. The summed E-state index contributed by atoms with van der Waals surface area (Å²) < 4.78 is 37.4. The van der Waals surface area contributed by atoms with Gasteiger partial charge in [0.25, 0.3) is 5.91 Å². The average molecular weight is 308 g/mol. The first-order valence-corrected chi connectivity index (χ1v) is 6.53. The van der Waals surface area contributed by atoms with E-state index in [0.29, 0.717) is 5.69 Å². The van der Waals surface area contributed by atoms with E-state index in [-0.39, 0.29) is 5.56 Å². The van der Waals surface area contributed by atoms with Gasteiger partial charge in [0.2, 0.25) is 0 Å². The van der Waals surface area contributed by atoms with E-state index in [4.69, 9.17) is 0 Å². The van der Waals surface area contributed by atoms with Crippen molar-refractivity contribution in [1.82, 2.24) is 0 Å². The van der Waals surface area contributed by atoms with Crippen LogP contribution in [-0.2, 0) is 6.18 Å². The van der Waals surface area contributed by atoms with Gasteiger partial charge in [-0.2, -0.15) is 13.2 Å². The standard InChI is InChI=1S/C16H15F3N2O/c1-21(2)14-5-3-4-13(10-14)20-15(22)11-6-8-12(9-7-11)16(17,18)19/h3-10H,1-2H3,(H,20,22). The van der Waals surface area contributed by atoms with Gasteiger partial charge in [-0.15, -0.1) is 0 Å². The maximum Gasteiger partial charge on any atom is 0.416 e. The Morgan fingerprint density at radius 3 is 2.23 bits per heavy atom. The van der Waals surface area contributed by atoms with Gasteiger partial charge < -0.3 is 10.2 Å². The van der Waals surface area contributed by atoms with Gasteiger partial charge in [0, 0.05) is 31.0 Å². The van der Waals surface area contributed by atoms with Crippen molar-refractivity contribution in [2.75, 3.05) is 24.3 Å². The van der Waals surface area contributed by atoms with Gasteiger partial charge >= 0.3 is 6.18 Å². The number of hydrogen-bond donors (Lipinski definition) is 1. The normalized spacial score (nSPS) is 11.1. The number of anilines is 2. The van der Waals surface area contributed by atoms with Crippen LogP contribution in [0, 0.1) is 0 Å². The second-order valence-corrected chi connectivity index (χ2v) is 4.97. The number of rotatable bonds is 3. The lowest BCUT2D eigenvalue weighted by molar-refractivity contribution is -0.137. The Balaban J connectivity index is 2.14. The van der Waals surface area contributed by atoms with Crippen LogP contribution in [0.1, 0.15) is 15.9 Å². The molecule has 0 aromatic heterocycles. The molecule has 0 saturated carbocycles. The van der Waals surface area contributed by atoms with Gasteiger partial charge in [0.15, 0.2) is 0 Å². The minimum absolute atomic E-state index is 0.170. The molecule has 0 aliphatic heterocycles. The number of carbonyl (C=O) groups is 1. The predicted molar refractivity (Wildman–Crippen MR) is 80.2 cm³/mol. The summed E-state index contributed by atoms with van der Waals surface area (Å²) in [6.45, 7) is 0. The SMILES string of the molecule is CN(C)c1cccc(NC(=O)c2ccc(C(F)(F)F)cc2)c1. The van der Waals surface area contributed by atoms with Crippen LogP contribution < -0.4 is 10.2 Å². The summed E-state index contributed by atoms with van der Waals surface area (Å²) in [5.41, 5.74) is 0.878. The van der Waals surface area contributed by atoms with Crippen LogP contribution in [0.4, 0.5) is 24.5 Å². The fraction of sp³-hybridized carbons (Fsp3) is 0.188. The van der Waals surface area contributed by atoms with Gasteiger partial charge in [-0.1, -0.05) is 6.07 Å². The van der Waals surface area contributed by atoms with Gasteiger partial charge in [-0.25, -0.2) is 0 Å². The minimum Gasteiger partial charge on any atom is -0.378 e. The van der Waals surface area contributed by atoms with Gasteiger partial charge in [0.1, 0.15) is 0 Å². The van der Waals surface area contributed by atoms with E-state index in [2.05, 4.69) is 5.32 Å². The van der Waals surface area contributed by atoms with Gasteiger partial charge in [0.05, 0.1) is 5.56 Å². The minimum atomic E-state index is -4.41. The molecule has 1 amide bonds. The number of hydrogen-bond acceptors (Lipinski definition) is 2. The molecule has 0 fully saturated rings. The molecule has 0 saturated heterocycles. The Labute approximate surface area is 126 Å². The zero-order valence-corrected chi connectivity index (χ0v) is 12.1. The molecule has 3 nitrogen and oxygen atoms in total. The van der Waals surface area contributed by atoms with Crippen molar-refractivity contribution in [2.24, 2.45) is 0 Å². The number of amides is 1. The maximum absolute atomic E-state index is 12.5. The smallest absolute Gasteiger partial charge is 0.378 e. The molecule has 0 bridgehead atoms. The Morgan fingerprint density at radius 1 is 1.05 bits per heavy atom. The molecule has 2 aromatic rings. The predicted octanol–water partition coefficient (Wildman–Crippen LogP) is 4.02. The molecule has 0 atom stereocenters. The van der Waals surface area contributed by atoms with E-state index >= 15 is 0 Å². The molecule has 6 heteroatoms. The summed E-state index contributed by atoms with van der Waals surface area (Å²) in [4.78, 5) is 13.9. The van der Waals surface area contributed by atoms with Crippen LogP contribution in [0.3, 0.4) is 0 Å². The molecule has 0 aliphatic carbocycles. The van der Waals surface area contributed by atoms with Crippen molar-refractivity contribution in [2.45, 2.75) is 6.18 Å². The van der Waals surface area contributed by atoms with E-state index in [1.165, 1.54) is 0 Å². The molecular formula is C16H15F3N2O. The number of halogens is 3. The van der Waals surface area contributed by atoms with Gasteiger partial charge in [-0.05, 0) is 42.5 Å². The Kier molecular flexibility index (Phi) is 4.40. The van der Waals surface area contributed by atoms with Crippen molar-refractivity contribution in [1.29, 1.82) is 0 Å². The van der Waals surface area contributed by atoms with Crippen LogP contribution in [0.25, 0.3) is 0 Å². The molecular weight excluding hydrogens is 293 g/mol. The highest BCUT2D eigenvalue weighted by atomic mass is 19.4. The topological polar surface area (TPSA) is 32.3 Å². The summed E-state index contributed by atoms with van der Waals surface area (Å²) in [6, 6.07) is 11.3. The molecule has 0 heterocycles. The van der Waals surface area contributed by atoms with Crippen LogP contribution in [0.5, 0.6) is 0 Å². The second-order valence-electron chi connectivity index (χ2n) is 4.97. The summed E-state index contributed by atoms with van der Waals surface area (Å²) >= 11 is 0. The molecule has 0 aliphatic rings. The summed E-state index contributed by atoms with van der Waals surface area (Å²) in [6.07, 6.45) is -4.41. The largest absolute Gasteiger partial charge is 0.416 e. The van der Waals surface area contributed by atoms with Crippen molar-refractivity contribution >= 4 is 17.3 Å². The molecule has 0 spiro atoms. The number of alkyl halides is 3. The molecule has 22 heavy (non-hydrogen) atoms. The summed E-state index contributed by atoms with van der Waals surface area (Å²) in [7, 11) is 3.74. The summed E-state index contributed by atoms with van der Waals surface area (Å²) in [5, 5.41) is 2.66. The van der Waals surface area contributed by atoms with Crippen LogP contribution in [0.2, 0.25) is 0 Å². The average Bonchev–Trinajstić information content (AvgIpc) is 2.46. The highest BCUT2D eigenvalue weighted by Crippen LogP contribution is 2.29. The number of benzene rings is 2. The number of nitrogens with one attached hydrogen (secondary N) is 1. The number of nitrogens with zero attached hydrogens (tertiary/aromatic N) is 1. The van der Waals surface area contributed by atoms with Crippen molar-refractivity contribution < 1.29 is 18.0 Å². The Morgan fingerprint density at radius 2 is 1.68 bits per heavy atom. The highest BCUT2D eigenvalue weighted by Gasteiger charge is 2.30. The molecule has 1 N–H and O–H groups in total. The van der Waals surface area contributed by atoms with E-state index in [1.807, 2.05) is 25.1 Å².